The first kappa shape index (κ1) is 10.9. The summed E-state index contributed by atoms with van der Waals surface area (Å²) >= 11 is 5.96. The lowest BCUT2D eigenvalue weighted by Gasteiger charge is -2.29. The zero-order valence-corrected chi connectivity index (χ0v) is 8.97. The van der Waals surface area contributed by atoms with E-state index in [1.165, 1.54) is 12.1 Å². The summed E-state index contributed by atoms with van der Waals surface area (Å²) in [5, 5.41) is 13.3. The van der Waals surface area contributed by atoms with Crippen LogP contribution in [0, 0.1) is 5.82 Å². The fraction of sp³-hybridized carbons (Fsp3) is 0.455. The largest absolute Gasteiger partial charge is 0.391 e. The Labute approximate surface area is 93.1 Å². The van der Waals surface area contributed by atoms with Crippen LogP contribution in [0.4, 0.5) is 4.39 Å². The smallest absolute Gasteiger partial charge is 0.124 e. The number of hydrogen-bond acceptors (Lipinski definition) is 2. The molecule has 0 aliphatic carbocycles. The van der Waals surface area contributed by atoms with Crippen LogP contribution in [0.1, 0.15) is 17.9 Å². The lowest BCUT2D eigenvalue weighted by molar-refractivity contribution is 0.118. The van der Waals surface area contributed by atoms with Crippen molar-refractivity contribution >= 4 is 11.6 Å². The molecule has 1 saturated heterocycles. The van der Waals surface area contributed by atoms with Crippen LogP contribution in [0.3, 0.4) is 0 Å². The fourth-order valence-electron chi connectivity index (χ4n) is 2.01. The summed E-state index contributed by atoms with van der Waals surface area (Å²) in [5.74, 6) is -0.327. The third kappa shape index (κ3) is 2.30. The van der Waals surface area contributed by atoms with Gasteiger partial charge in [0.05, 0.1) is 6.10 Å². The molecule has 1 aliphatic rings. The Morgan fingerprint density at radius 3 is 2.93 bits per heavy atom. The van der Waals surface area contributed by atoms with Gasteiger partial charge in [-0.1, -0.05) is 17.7 Å². The summed E-state index contributed by atoms with van der Waals surface area (Å²) in [7, 11) is 0. The van der Waals surface area contributed by atoms with Gasteiger partial charge in [0.15, 0.2) is 0 Å². The highest BCUT2D eigenvalue weighted by molar-refractivity contribution is 6.31. The maximum Gasteiger partial charge on any atom is 0.124 e. The third-order valence-electron chi connectivity index (χ3n) is 2.81. The van der Waals surface area contributed by atoms with Gasteiger partial charge in [-0.05, 0) is 30.7 Å². The summed E-state index contributed by atoms with van der Waals surface area (Å²) in [4.78, 5) is 0. The summed E-state index contributed by atoms with van der Waals surface area (Å²) in [6.07, 6.45) is 0.383. The molecule has 1 aromatic rings. The van der Waals surface area contributed by atoms with E-state index < -0.39 is 6.10 Å². The van der Waals surface area contributed by atoms with Crippen LogP contribution in [0.2, 0.25) is 5.02 Å². The molecule has 0 spiro atoms. The second-order valence-electron chi connectivity index (χ2n) is 3.83. The number of benzene rings is 1. The van der Waals surface area contributed by atoms with E-state index >= 15 is 0 Å². The zero-order chi connectivity index (χ0) is 10.8. The van der Waals surface area contributed by atoms with Crippen molar-refractivity contribution in [3.8, 4) is 0 Å². The van der Waals surface area contributed by atoms with Gasteiger partial charge in [-0.2, -0.15) is 0 Å². The van der Waals surface area contributed by atoms with Crippen LogP contribution < -0.4 is 5.32 Å². The second-order valence-corrected chi connectivity index (χ2v) is 4.24. The zero-order valence-electron chi connectivity index (χ0n) is 8.21. The number of nitrogens with one attached hydrogen (secondary N) is 1. The van der Waals surface area contributed by atoms with E-state index in [2.05, 4.69) is 5.32 Å². The Morgan fingerprint density at radius 2 is 2.27 bits per heavy atom. The first-order valence-corrected chi connectivity index (χ1v) is 5.40. The second kappa shape index (κ2) is 4.47. The number of β-amino-alcohol motifs (C(OH)–C–C–N with tert-alkyl or cyclic N) is 1. The van der Waals surface area contributed by atoms with E-state index in [4.69, 9.17) is 11.6 Å². The third-order valence-corrected chi connectivity index (χ3v) is 3.14. The van der Waals surface area contributed by atoms with Crippen molar-refractivity contribution in [2.75, 3.05) is 13.1 Å². The number of piperidine rings is 1. The Hall–Kier alpha value is -0.640. The molecule has 0 amide bonds. The number of hydrogen-bond donors (Lipinski definition) is 2. The number of rotatable bonds is 1. The van der Waals surface area contributed by atoms with E-state index in [9.17, 15) is 9.50 Å². The monoisotopic (exact) mass is 229 g/mol. The molecule has 2 nitrogen and oxygen atoms in total. The highest BCUT2D eigenvalue weighted by atomic mass is 35.5. The molecule has 0 aromatic heterocycles. The molecular formula is C11H13ClFNO. The SMILES string of the molecule is O[C@H]1CNCC[C@@H]1c1ccc(F)cc1Cl. The van der Waals surface area contributed by atoms with Gasteiger partial charge >= 0.3 is 0 Å². The van der Waals surface area contributed by atoms with Crippen molar-refractivity contribution < 1.29 is 9.50 Å². The quantitative estimate of drug-likeness (QED) is 0.771. The Kier molecular flexibility index (Phi) is 3.24. The molecule has 4 heteroatoms. The van der Waals surface area contributed by atoms with E-state index in [1.807, 2.05) is 0 Å². The molecule has 1 heterocycles. The van der Waals surface area contributed by atoms with Crippen LogP contribution in [0.15, 0.2) is 18.2 Å². The first-order valence-electron chi connectivity index (χ1n) is 5.02. The Balaban J connectivity index is 2.27. The van der Waals surface area contributed by atoms with Crippen molar-refractivity contribution in [2.24, 2.45) is 0 Å². The molecule has 2 N–H and O–H groups in total. The van der Waals surface area contributed by atoms with Crippen LogP contribution in [0.5, 0.6) is 0 Å². The van der Waals surface area contributed by atoms with Gasteiger partial charge in [0.1, 0.15) is 5.82 Å². The molecule has 1 fully saturated rings. The molecule has 2 atom stereocenters. The van der Waals surface area contributed by atoms with Crippen molar-refractivity contribution in [1.29, 1.82) is 0 Å². The van der Waals surface area contributed by atoms with Gasteiger partial charge in [-0.25, -0.2) is 4.39 Å². The van der Waals surface area contributed by atoms with Gasteiger partial charge in [-0.3, -0.25) is 0 Å². The van der Waals surface area contributed by atoms with E-state index in [0.717, 1.165) is 18.5 Å². The van der Waals surface area contributed by atoms with Crippen molar-refractivity contribution in [1.82, 2.24) is 5.32 Å². The van der Waals surface area contributed by atoms with Gasteiger partial charge in [0, 0.05) is 17.5 Å². The van der Waals surface area contributed by atoms with Gasteiger partial charge < -0.3 is 10.4 Å². The van der Waals surface area contributed by atoms with Crippen molar-refractivity contribution in [2.45, 2.75) is 18.4 Å². The molecule has 82 valence electrons. The molecule has 1 aliphatic heterocycles. The van der Waals surface area contributed by atoms with Crippen LogP contribution >= 0.6 is 11.6 Å². The normalized spacial score (nSPS) is 26.6. The van der Waals surface area contributed by atoms with Crippen molar-refractivity contribution in [3.05, 3.63) is 34.6 Å². The number of aliphatic hydroxyl groups is 1. The standard InChI is InChI=1S/C11H13ClFNO/c12-10-5-7(13)1-2-8(10)9-3-4-14-6-11(9)15/h1-2,5,9,11,14-15H,3-4,6H2/t9-,11+/m1/s1. The highest BCUT2D eigenvalue weighted by Crippen LogP contribution is 2.31. The van der Waals surface area contributed by atoms with Crippen LogP contribution in [-0.2, 0) is 0 Å². The lowest BCUT2D eigenvalue weighted by Crippen LogP contribution is -2.39. The number of halogens is 2. The molecule has 0 saturated carbocycles. The highest BCUT2D eigenvalue weighted by Gasteiger charge is 2.26. The molecular weight excluding hydrogens is 217 g/mol. The average Bonchev–Trinajstić information content (AvgIpc) is 2.20. The summed E-state index contributed by atoms with van der Waals surface area (Å²) < 4.78 is 12.9. The minimum atomic E-state index is -0.443. The van der Waals surface area contributed by atoms with Crippen molar-refractivity contribution in [3.63, 3.8) is 0 Å². The first-order chi connectivity index (χ1) is 7.18. The lowest BCUT2D eigenvalue weighted by atomic mass is 9.88. The minimum absolute atomic E-state index is 0.0133. The molecule has 15 heavy (non-hydrogen) atoms. The Bertz CT molecular complexity index is 358. The maximum atomic E-state index is 12.9. The molecule has 0 unspecified atom stereocenters. The predicted molar refractivity (Wildman–Crippen MR) is 57.6 cm³/mol. The minimum Gasteiger partial charge on any atom is -0.391 e. The number of aliphatic hydroxyl groups excluding tert-OH is 1. The van der Waals surface area contributed by atoms with Crippen LogP contribution in [0.25, 0.3) is 0 Å². The summed E-state index contributed by atoms with van der Waals surface area (Å²) in [6.45, 7) is 1.42. The molecule has 0 bridgehead atoms. The molecule has 2 rings (SSSR count). The maximum absolute atomic E-state index is 12.9. The van der Waals surface area contributed by atoms with Gasteiger partial charge in [-0.15, -0.1) is 0 Å². The van der Waals surface area contributed by atoms with E-state index in [-0.39, 0.29) is 11.7 Å². The van der Waals surface area contributed by atoms with Gasteiger partial charge in [0.2, 0.25) is 0 Å². The van der Waals surface area contributed by atoms with Gasteiger partial charge in [0.25, 0.3) is 0 Å². The predicted octanol–water partition coefficient (Wildman–Crippen LogP) is 1.92. The topological polar surface area (TPSA) is 32.3 Å². The fourth-order valence-corrected chi connectivity index (χ4v) is 2.31. The summed E-state index contributed by atoms with van der Waals surface area (Å²) in [6, 6.07) is 4.35. The average molecular weight is 230 g/mol. The van der Waals surface area contributed by atoms with E-state index in [0.29, 0.717) is 11.6 Å². The van der Waals surface area contributed by atoms with E-state index in [1.54, 1.807) is 6.07 Å². The summed E-state index contributed by atoms with van der Waals surface area (Å²) in [5.41, 5.74) is 0.840. The molecule has 1 aromatic carbocycles. The molecule has 0 radical (unpaired) electrons. The van der Waals surface area contributed by atoms with Crippen LogP contribution in [-0.4, -0.2) is 24.3 Å². The Morgan fingerprint density at radius 1 is 1.47 bits per heavy atom.